The molecule has 140 valence electrons. The first-order valence-corrected chi connectivity index (χ1v) is 9.49. The lowest BCUT2D eigenvalue weighted by Crippen LogP contribution is -2.32. The number of rotatable bonds is 11. The van der Waals surface area contributed by atoms with Crippen molar-refractivity contribution in [1.82, 2.24) is 10.6 Å². The van der Waals surface area contributed by atoms with E-state index in [1.807, 2.05) is 0 Å². The molecule has 1 unspecified atom stereocenters. The van der Waals surface area contributed by atoms with Crippen molar-refractivity contribution in [2.75, 3.05) is 19.6 Å². The second-order valence-electron chi connectivity index (χ2n) is 6.48. The first kappa shape index (κ1) is 20.7. The van der Waals surface area contributed by atoms with Crippen molar-refractivity contribution >= 4 is 12.1 Å². The lowest BCUT2D eigenvalue weighted by Gasteiger charge is -2.22. The maximum Gasteiger partial charge on any atom is 0.410 e. The van der Waals surface area contributed by atoms with Crippen LogP contribution in [0.5, 0.6) is 0 Å². The van der Waals surface area contributed by atoms with Crippen molar-refractivity contribution < 1.29 is 19.1 Å². The molecule has 1 aliphatic rings. The van der Waals surface area contributed by atoms with Gasteiger partial charge in [0.15, 0.2) is 0 Å². The zero-order chi connectivity index (χ0) is 17.6. The van der Waals surface area contributed by atoms with Gasteiger partial charge in [0.1, 0.15) is 0 Å². The molecule has 1 amide bonds. The number of carbonyl (C=O) groups excluding carboxylic acids is 2. The van der Waals surface area contributed by atoms with Crippen LogP contribution in [0.4, 0.5) is 4.79 Å². The summed E-state index contributed by atoms with van der Waals surface area (Å²) in [7, 11) is 0. The third-order valence-corrected chi connectivity index (χ3v) is 4.22. The van der Waals surface area contributed by atoms with Crippen molar-refractivity contribution in [1.29, 1.82) is 0 Å². The lowest BCUT2D eigenvalue weighted by molar-refractivity contribution is -0.170. The van der Waals surface area contributed by atoms with Crippen LogP contribution in [0, 0.1) is 5.92 Å². The van der Waals surface area contributed by atoms with Gasteiger partial charge in [-0.25, -0.2) is 4.79 Å². The normalized spacial score (nSPS) is 16.4. The second kappa shape index (κ2) is 13.0. The van der Waals surface area contributed by atoms with Gasteiger partial charge >= 0.3 is 12.1 Å². The van der Waals surface area contributed by atoms with E-state index in [-0.39, 0.29) is 11.9 Å². The third-order valence-electron chi connectivity index (χ3n) is 4.22. The number of hydrogen-bond acceptors (Lipinski definition) is 5. The molecule has 1 aliphatic carbocycles. The summed E-state index contributed by atoms with van der Waals surface area (Å²) in [5.41, 5.74) is 0. The number of nitrogens with one attached hydrogen (secondary N) is 2. The van der Waals surface area contributed by atoms with Crippen LogP contribution in [0.1, 0.15) is 71.6 Å². The zero-order valence-electron chi connectivity index (χ0n) is 15.3. The fourth-order valence-corrected chi connectivity index (χ4v) is 2.86. The molecule has 2 N–H and O–H groups in total. The third kappa shape index (κ3) is 9.75. The lowest BCUT2D eigenvalue weighted by atomic mass is 9.89. The quantitative estimate of drug-likeness (QED) is 0.342. The van der Waals surface area contributed by atoms with Crippen LogP contribution in [0.3, 0.4) is 0 Å². The summed E-state index contributed by atoms with van der Waals surface area (Å²) in [4.78, 5) is 23.6. The van der Waals surface area contributed by atoms with E-state index in [1.165, 1.54) is 6.42 Å². The summed E-state index contributed by atoms with van der Waals surface area (Å²) in [5.74, 6) is -0.274. The number of carbonyl (C=O) groups is 2. The average molecular weight is 342 g/mol. The molecule has 6 nitrogen and oxygen atoms in total. The van der Waals surface area contributed by atoms with Gasteiger partial charge in [-0.15, -0.1) is 0 Å². The van der Waals surface area contributed by atoms with Gasteiger partial charge in [0.05, 0.1) is 5.92 Å². The fourth-order valence-electron chi connectivity index (χ4n) is 2.86. The molecule has 0 aliphatic heterocycles. The minimum absolute atomic E-state index is 0.0332. The van der Waals surface area contributed by atoms with Gasteiger partial charge in [-0.05, 0) is 45.2 Å². The van der Waals surface area contributed by atoms with Crippen LogP contribution in [-0.4, -0.2) is 38.0 Å². The van der Waals surface area contributed by atoms with E-state index in [0.29, 0.717) is 6.54 Å². The first-order valence-electron chi connectivity index (χ1n) is 9.49. The number of amides is 1. The Labute approximate surface area is 146 Å². The standard InChI is InChI=1S/C18H34N2O4/c1-3-12-19-13-8-5-9-14-20-18(22)24-15(2)23-17(21)16-10-6-4-7-11-16/h15-16,19H,3-14H2,1-2H3,(H,20,22). The number of ether oxygens (including phenoxy) is 2. The summed E-state index contributed by atoms with van der Waals surface area (Å²) in [6.45, 7) is 6.39. The molecule has 1 rings (SSSR count). The van der Waals surface area contributed by atoms with E-state index in [2.05, 4.69) is 17.6 Å². The van der Waals surface area contributed by atoms with Gasteiger partial charge < -0.3 is 20.1 Å². The molecule has 0 bridgehead atoms. The highest BCUT2D eigenvalue weighted by Crippen LogP contribution is 2.25. The Balaban J connectivity index is 2.02. The molecule has 0 radical (unpaired) electrons. The summed E-state index contributed by atoms with van der Waals surface area (Å²) >= 11 is 0. The van der Waals surface area contributed by atoms with E-state index < -0.39 is 12.4 Å². The van der Waals surface area contributed by atoms with Crippen molar-refractivity contribution in [3.05, 3.63) is 0 Å². The average Bonchev–Trinajstić information content (AvgIpc) is 2.58. The van der Waals surface area contributed by atoms with Gasteiger partial charge in [-0.1, -0.05) is 32.6 Å². The highest BCUT2D eigenvalue weighted by molar-refractivity contribution is 5.73. The largest absolute Gasteiger partial charge is 0.425 e. The predicted molar refractivity (Wildman–Crippen MR) is 93.6 cm³/mol. The summed E-state index contributed by atoms with van der Waals surface area (Å²) in [6, 6.07) is 0. The van der Waals surface area contributed by atoms with Gasteiger partial charge in [0, 0.05) is 13.5 Å². The van der Waals surface area contributed by atoms with Gasteiger partial charge in [-0.3, -0.25) is 4.79 Å². The van der Waals surface area contributed by atoms with Crippen LogP contribution < -0.4 is 10.6 Å². The second-order valence-corrected chi connectivity index (χ2v) is 6.48. The molecular formula is C18H34N2O4. The number of hydrogen-bond donors (Lipinski definition) is 2. The molecule has 0 aromatic heterocycles. The van der Waals surface area contributed by atoms with E-state index in [4.69, 9.17) is 9.47 Å². The topological polar surface area (TPSA) is 76.7 Å². The van der Waals surface area contributed by atoms with Crippen molar-refractivity contribution in [2.24, 2.45) is 5.92 Å². The Hall–Kier alpha value is -1.30. The van der Waals surface area contributed by atoms with Gasteiger partial charge in [0.25, 0.3) is 0 Å². The first-order chi connectivity index (χ1) is 11.6. The number of unbranched alkanes of at least 4 members (excludes halogenated alkanes) is 2. The molecule has 6 heteroatoms. The molecule has 1 saturated carbocycles. The van der Waals surface area contributed by atoms with Crippen LogP contribution in [-0.2, 0) is 14.3 Å². The van der Waals surface area contributed by atoms with Crippen molar-refractivity contribution in [3.8, 4) is 0 Å². The SMILES string of the molecule is CCCNCCCCCNC(=O)OC(C)OC(=O)C1CCCCC1. The fraction of sp³-hybridized carbons (Fsp3) is 0.889. The summed E-state index contributed by atoms with van der Waals surface area (Å²) < 4.78 is 10.3. The van der Waals surface area contributed by atoms with Crippen molar-refractivity contribution in [3.63, 3.8) is 0 Å². The zero-order valence-corrected chi connectivity index (χ0v) is 15.3. The smallest absolute Gasteiger partial charge is 0.410 e. The maximum atomic E-state index is 12.0. The highest BCUT2D eigenvalue weighted by Gasteiger charge is 2.24. The Morgan fingerprint density at radius 1 is 1.00 bits per heavy atom. The Morgan fingerprint density at radius 3 is 2.42 bits per heavy atom. The molecule has 0 spiro atoms. The van der Waals surface area contributed by atoms with E-state index in [0.717, 1.165) is 64.5 Å². The van der Waals surface area contributed by atoms with Crippen LogP contribution >= 0.6 is 0 Å². The molecule has 1 fully saturated rings. The van der Waals surface area contributed by atoms with E-state index in [1.54, 1.807) is 6.92 Å². The summed E-state index contributed by atoms with van der Waals surface area (Å²) in [5, 5.41) is 6.04. The predicted octanol–water partition coefficient (Wildman–Crippen LogP) is 3.35. The molecule has 0 heterocycles. The minimum atomic E-state index is -0.835. The van der Waals surface area contributed by atoms with Crippen LogP contribution in [0.2, 0.25) is 0 Å². The van der Waals surface area contributed by atoms with Crippen LogP contribution in [0.25, 0.3) is 0 Å². The Kier molecular flexibility index (Phi) is 11.3. The van der Waals surface area contributed by atoms with Crippen LogP contribution in [0.15, 0.2) is 0 Å². The minimum Gasteiger partial charge on any atom is -0.425 e. The molecule has 0 aromatic rings. The number of esters is 1. The number of alkyl carbamates (subject to hydrolysis) is 1. The Bertz CT molecular complexity index is 357. The monoisotopic (exact) mass is 342 g/mol. The maximum absolute atomic E-state index is 12.0. The van der Waals surface area contributed by atoms with Crippen molar-refractivity contribution in [2.45, 2.75) is 77.9 Å². The summed E-state index contributed by atoms with van der Waals surface area (Å²) in [6.07, 6.45) is 7.96. The van der Waals surface area contributed by atoms with E-state index in [9.17, 15) is 9.59 Å². The van der Waals surface area contributed by atoms with E-state index >= 15 is 0 Å². The van der Waals surface area contributed by atoms with Gasteiger partial charge in [-0.2, -0.15) is 0 Å². The van der Waals surface area contributed by atoms with Gasteiger partial charge in [0.2, 0.25) is 6.29 Å². The molecule has 0 aromatic carbocycles. The Morgan fingerprint density at radius 2 is 1.71 bits per heavy atom. The molecule has 0 saturated heterocycles. The molecule has 1 atom stereocenters. The highest BCUT2D eigenvalue weighted by atomic mass is 16.7. The molecule has 24 heavy (non-hydrogen) atoms. The molecular weight excluding hydrogens is 308 g/mol.